The molecule has 0 aromatic carbocycles. The molecule has 0 saturated heterocycles. The van der Waals surface area contributed by atoms with Crippen molar-refractivity contribution in [1.82, 2.24) is 10.2 Å². The summed E-state index contributed by atoms with van der Waals surface area (Å²) in [6, 6.07) is 0.178. The van der Waals surface area contributed by atoms with Gasteiger partial charge in [0.2, 0.25) is 5.91 Å². The highest BCUT2D eigenvalue weighted by atomic mass is 19.4. The van der Waals surface area contributed by atoms with E-state index in [0.717, 1.165) is 0 Å². The van der Waals surface area contributed by atoms with Crippen LogP contribution in [0, 0.1) is 0 Å². The smallest absolute Gasteiger partial charge is 0.395 e. The maximum atomic E-state index is 12.1. The summed E-state index contributed by atoms with van der Waals surface area (Å²) in [5.74, 6) is -0.607. The van der Waals surface area contributed by atoms with Crippen molar-refractivity contribution < 1.29 is 23.1 Å². The van der Waals surface area contributed by atoms with Crippen LogP contribution in [0.2, 0.25) is 0 Å². The van der Waals surface area contributed by atoms with Crippen molar-refractivity contribution in [3.63, 3.8) is 0 Å². The van der Waals surface area contributed by atoms with Crippen molar-refractivity contribution in [3.05, 3.63) is 0 Å². The first kappa shape index (κ1) is 16.2. The number of carbonyl (C=O) groups is 1. The van der Waals surface area contributed by atoms with Crippen LogP contribution in [0.25, 0.3) is 0 Å². The molecule has 0 radical (unpaired) electrons. The molecule has 0 saturated carbocycles. The molecule has 0 aromatic rings. The molecule has 0 aliphatic heterocycles. The number of alkyl halides is 3. The van der Waals surface area contributed by atoms with E-state index in [1.807, 2.05) is 13.8 Å². The lowest BCUT2D eigenvalue weighted by molar-refractivity contribution is -0.161. The van der Waals surface area contributed by atoms with E-state index in [1.54, 1.807) is 0 Å². The van der Waals surface area contributed by atoms with E-state index in [4.69, 9.17) is 5.11 Å². The number of hydrogen-bond acceptors (Lipinski definition) is 3. The molecule has 0 aromatic heterocycles. The third kappa shape index (κ3) is 8.93. The minimum atomic E-state index is -4.43. The lowest BCUT2D eigenvalue weighted by Gasteiger charge is -2.23. The molecule has 0 aliphatic rings. The van der Waals surface area contributed by atoms with Gasteiger partial charge in [-0.2, -0.15) is 13.2 Å². The Bertz CT molecular complexity index is 232. The first-order valence-electron chi connectivity index (χ1n) is 5.45. The molecule has 0 fully saturated rings. The van der Waals surface area contributed by atoms with Crippen LogP contribution in [0.1, 0.15) is 20.3 Å². The number of rotatable bonds is 7. The Labute approximate surface area is 98.8 Å². The minimum absolute atomic E-state index is 0.00569. The summed E-state index contributed by atoms with van der Waals surface area (Å²) < 4.78 is 36.4. The first-order chi connectivity index (χ1) is 7.76. The van der Waals surface area contributed by atoms with Crippen LogP contribution in [0.3, 0.4) is 0 Å². The van der Waals surface area contributed by atoms with Gasteiger partial charge in [0.15, 0.2) is 0 Å². The minimum Gasteiger partial charge on any atom is -0.395 e. The Hall–Kier alpha value is -0.820. The summed E-state index contributed by atoms with van der Waals surface area (Å²) >= 11 is 0. The lowest BCUT2D eigenvalue weighted by atomic mass is 10.3. The molecule has 0 atom stereocenters. The average Bonchev–Trinajstić information content (AvgIpc) is 2.14. The molecule has 2 N–H and O–H groups in total. The molecule has 0 rings (SSSR count). The van der Waals surface area contributed by atoms with Gasteiger partial charge in [-0.3, -0.25) is 4.79 Å². The largest absolute Gasteiger partial charge is 0.406 e. The van der Waals surface area contributed by atoms with E-state index in [0.29, 0.717) is 11.4 Å². The fourth-order valence-electron chi connectivity index (χ4n) is 1.25. The number of nitrogens with one attached hydrogen (secondary N) is 1. The predicted molar refractivity (Wildman–Crippen MR) is 57.5 cm³/mol. The summed E-state index contributed by atoms with van der Waals surface area (Å²) in [5.41, 5.74) is 0. The maximum Gasteiger partial charge on any atom is 0.406 e. The van der Waals surface area contributed by atoms with Gasteiger partial charge in [0, 0.05) is 25.6 Å². The van der Waals surface area contributed by atoms with Crippen LogP contribution in [-0.4, -0.2) is 54.4 Å². The van der Waals surface area contributed by atoms with Gasteiger partial charge in [0.05, 0.1) is 6.61 Å². The average molecular weight is 256 g/mol. The summed E-state index contributed by atoms with van der Waals surface area (Å²) in [7, 11) is 0. The summed E-state index contributed by atoms with van der Waals surface area (Å²) in [5, 5.41) is 11.6. The Morgan fingerprint density at radius 3 is 2.41 bits per heavy atom. The SMILES string of the molecule is CC(C)NCCC(=O)N(CCO)CC(F)(F)F. The number of nitrogens with zero attached hydrogens (tertiary/aromatic N) is 1. The second-order valence-electron chi connectivity index (χ2n) is 4.01. The molecule has 0 aliphatic carbocycles. The second-order valence-corrected chi connectivity index (χ2v) is 4.01. The van der Waals surface area contributed by atoms with Gasteiger partial charge >= 0.3 is 6.18 Å². The molecule has 0 spiro atoms. The zero-order chi connectivity index (χ0) is 13.5. The van der Waals surface area contributed by atoms with Gasteiger partial charge in [-0.1, -0.05) is 13.8 Å². The van der Waals surface area contributed by atoms with Crippen LogP contribution in [0.4, 0.5) is 13.2 Å². The van der Waals surface area contributed by atoms with Gasteiger partial charge in [0.1, 0.15) is 6.54 Å². The van der Waals surface area contributed by atoms with E-state index in [9.17, 15) is 18.0 Å². The van der Waals surface area contributed by atoms with E-state index in [2.05, 4.69) is 5.32 Å². The highest BCUT2D eigenvalue weighted by molar-refractivity contribution is 5.76. The quantitative estimate of drug-likeness (QED) is 0.707. The molecule has 7 heteroatoms. The van der Waals surface area contributed by atoms with E-state index in [-0.39, 0.29) is 19.0 Å². The molecule has 0 heterocycles. The topological polar surface area (TPSA) is 52.6 Å². The first-order valence-corrected chi connectivity index (χ1v) is 5.45. The molecule has 102 valence electrons. The van der Waals surface area contributed by atoms with Gasteiger partial charge < -0.3 is 15.3 Å². The Balaban J connectivity index is 4.15. The lowest BCUT2D eigenvalue weighted by Crippen LogP contribution is -2.42. The van der Waals surface area contributed by atoms with Crippen molar-refractivity contribution in [2.75, 3.05) is 26.2 Å². The molecule has 4 nitrogen and oxygen atoms in total. The van der Waals surface area contributed by atoms with Crippen LogP contribution in [-0.2, 0) is 4.79 Å². The summed E-state index contributed by atoms with van der Waals surface area (Å²) in [6.45, 7) is 2.02. The van der Waals surface area contributed by atoms with Crippen LogP contribution in [0.5, 0.6) is 0 Å². The van der Waals surface area contributed by atoms with Gasteiger partial charge in [-0.05, 0) is 0 Å². The summed E-state index contributed by atoms with van der Waals surface area (Å²) in [4.78, 5) is 12.1. The monoisotopic (exact) mass is 256 g/mol. The van der Waals surface area contributed by atoms with Crippen molar-refractivity contribution in [2.45, 2.75) is 32.5 Å². The number of aliphatic hydroxyl groups is 1. The zero-order valence-corrected chi connectivity index (χ0v) is 10.0. The zero-order valence-electron chi connectivity index (χ0n) is 10.0. The Kier molecular flexibility index (Phi) is 7.13. The predicted octanol–water partition coefficient (Wildman–Crippen LogP) is 0.758. The molecule has 1 amide bonds. The number of halogens is 3. The number of amides is 1. The second kappa shape index (κ2) is 7.50. The maximum absolute atomic E-state index is 12.1. The molecular weight excluding hydrogens is 237 g/mol. The standard InChI is InChI=1S/C10H19F3N2O2/c1-8(2)14-4-3-9(17)15(5-6-16)7-10(11,12)13/h8,14,16H,3-7H2,1-2H3. The molecule has 0 bridgehead atoms. The van der Waals surface area contributed by atoms with Crippen molar-refractivity contribution in [2.24, 2.45) is 0 Å². The van der Waals surface area contributed by atoms with Crippen LogP contribution >= 0.6 is 0 Å². The Morgan fingerprint density at radius 1 is 1.41 bits per heavy atom. The molecule has 0 unspecified atom stereocenters. The normalized spacial score (nSPS) is 11.9. The summed E-state index contributed by atoms with van der Waals surface area (Å²) in [6.07, 6.45) is -4.44. The van der Waals surface area contributed by atoms with Gasteiger partial charge in [-0.15, -0.1) is 0 Å². The molecule has 17 heavy (non-hydrogen) atoms. The van der Waals surface area contributed by atoms with Crippen molar-refractivity contribution in [3.8, 4) is 0 Å². The highest BCUT2D eigenvalue weighted by Gasteiger charge is 2.32. The van der Waals surface area contributed by atoms with Crippen molar-refractivity contribution >= 4 is 5.91 Å². The van der Waals surface area contributed by atoms with Gasteiger partial charge in [0.25, 0.3) is 0 Å². The fourth-order valence-corrected chi connectivity index (χ4v) is 1.25. The number of carbonyl (C=O) groups excluding carboxylic acids is 1. The van der Waals surface area contributed by atoms with Crippen LogP contribution < -0.4 is 5.32 Å². The van der Waals surface area contributed by atoms with E-state index >= 15 is 0 Å². The molecular formula is C10H19F3N2O2. The fraction of sp³-hybridized carbons (Fsp3) is 0.900. The van der Waals surface area contributed by atoms with Crippen LogP contribution in [0.15, 0.2) is 0 Å². The third-order valence-electron chi connectivity index (χ3n) is 1.98. The van der Waals surface area contributed by atoms with E-state index in [1.165, 1.54) is 0 Å². The number of hydrogen-bond donors (Lipinski definition) is 2. The Morgan fingerprint density at radius 2 is 2.00 bits per heavy atom. The number of aliphatic hydroxyl groups excluding tert-OH is 1. The van der Waals surface area contributed by atoms with Gasteiger partial charge in [-0.25, -0.2) is 0 Å². The third-order valence-corrected chi connectivity index (χ3v) is 1.98. The van der Waals surface area contributed by atoms with E-state index < -0.39 is 25.2 Å². The highest BCUT2D eigenvalue weighted by Crippen LogP contribution is 2.16. The van der Waals surface area contributed by atoms with Crippen molar-refractivity contribution in [1.29, 1.82) is 0 Å².